The summed E-state index contributed by atoms with van der Waals surface area (Å²) in [5.41, 5.74) is 1.43. The number of amides is 1. The van der Waals surface area contributed by atoms with Crippen LogP contribution in [-0.4, -0.2) is 51.9 Å². The van der Waals surface area contributed by atoms with Crippen LogP contribution >= 0.6 is 0 Å². The van der Waals surface area contributed by atoms with Crippen molar-refractivity contribution in [2.45, 2.75) is 6.54 Å². The molecule has 1 amide bonds. The Hall–Kier alpha value is -2.65. The maximum absolute atomic E-state index is 12.5. The number of ether oxygens (including phenoxy) is 1. The molecule has 0 aliphatic carbocycles. The molecule has 1 saturated heterocycles. The summed E-state index contributed by atoms with van der Waals surface area (Å²) in [6.07, 6.45) is 2.76. The molecule has 1 aromatic heterocycles. The van der Waals surface area contributed by atoms with E-state index < -0.39 is 10.0 Å². The number of carbonyl (C=O) groups excluding carboxylic acids is 1. The van der Waals surface area contributed by atoms with Crippen LogP contribution in [0.15, 0.2) is 42.6 Å². The zero-order valence-electron chi connectivity index (χ0n) is 15.0. The summed E-state index contributed by atoms with van der Waals surface area (Å²) in [6, 6.07) is 10.3. The summed E-state index contributed by atoms with van der Waals surface area (Å²) in [7, 11) is -3.47. The number of hydrogen-bond acceptors (Lipinski definition) is 6. The van der Waals surface area contributed by atoms with Gasteiger partial charge in [-0.2, -0.15) is 0 Å². The maximum Gasteiger partial charge on any atom is 0.253 e. The molecule has 0 atom stereocenters. The zero-order valence-corrected chi connectivity index (χ0v) is 15.8. The van der Waals surface area contributed by atoms with E-state index in [1.54, 1.807) is 30.5 Å². The predicted octanol–water partition coefficient (Wildman–Crippen LogP) is 1.22. The SMILES string of the molecule is CS(=O)(=O)Nc1ccccc1C(=O)NCc1ccnc(N2CCOCC2)c1. The van der Waals surface area contributed by atoms with Crippen molar-refractivity contribution in [2.75, 3.05) is 42.2 Å². The highest BCUT2D eigenvalue weighted by Gasteiger charge is 2.15. The first kappa shape index (κ1) is 19.1. The lowest BCUT2D eigenvalue weighted by Gasteiger charge is -2.28. The largest absolute Gasteiger partial charge is 0.378 e. The van der Waals surface area contributed by atoms with Crippen LogP contribution in [0.2, 0.25) is 0 Å². The Morgan fingerprint density at radius 3 is 2.70 bits per heavy atom. The number of aromatic nitrogens is 1. The van der Waals surface area contributed by atoms with Crippen molar-refractivity contribution in [3.8, 4) is 0 Å². The first-order valence-electron chi connectivity index (χ1n) is 8.55. The van der Waals surface area contributed by atoms with Crippen LogP contribution < -0.4 is 14.9 Å². The molecule has 3 rings (SSSR count). The molecule has 1 aliphatic rings. The summed E-state index contributed by atoms with van der Waals surface area (Å²) in [4.78, 5) is 19.0. The number of nitrogens with one attached hydrogen (secondary N) is 2. The van der Waals surface area contributed by atoms with Gasteiger partial charge < -0.3 is 15.0 Å². The Bertz CT molecular complexity index is 911. The first-order valence-corrected chi connectivity index (χ1v) is 10.4. The summed E-state index contributed by atoms with van der Waals surface area (Å²) in [5.74, 6) is 0.496. The molecule has 0 unspecified atom stereocenters. The van der Waals surface area contributed by atoms with Gasteiger partial charge in [-0.1, -0.05) is 12.1 Å². The number of para-hydroxylation sites is 1. The second-order valence-corrected chi connectivity index (χ2v) is 7.97. The minimum absolute atomic E-state index is 0.251. The second kappa shape index (κ2) is 8.36. The van der Waals surface area contributed by atoms with Crippen LogP contribution in [0.5, 0.6) is 0 Å². The molecule has 27 heavy (non-hydrogen) atoms. The molecule has 2 N–H and O–H groups in total. The Kier molecular flexibility index (Phi) is 5.92. The minimum atomic E-state index is -3.47. The smallest absolute Gasteiger partial charge is 0.253 e. The van der Waals surface area contributed by atoms with E-state index >= 15 is 0 Å². The topological polar surface area (TPSA) is 101 Å². The maximum atomic E-state index is 12.5. The third-order valence-corrected chi connectivity index (χ3v) is 4.66. The van der Waals surface area contributed by atoms with E-state index in [1.165, 1.54) is 0 Å². The number of carbonyl (C=O) groups is 1. The van der Waals surface area contributed by atoms with Gasteiger partial charge in [0.2, 0.25) is 10.0 Å². The molecule has 0 saturated carbocycles. The quantitative estimate of drug-likeness (QED) is 0.769. The summed E-state index contributed by atoms with van der Waals surface area (Å²) < 4.78 is 30.7. The highest BCUT2D eigenvalue weighted by Crippen LogP contribution is 2.17. The lowest BCUT2D eigenvalue weighted by Crippen LogP contribution is -2.36. The first-order chi connectivity index (χ1) is 12.9. The van der Waals surface area contributed by atoms with Crippen LogP contribution in [-0.2, 0) is 21.3 Å². The Balaban J connectivity index is 1.68. The fourth-order valence-electron chi connectivity index (χ4n) is 2.78. The molecule has 0 bridgehead atoms. The van der Waals surface area contributed by atoms with Gasteiger partial charge >= 0.3 is 0 Å². The van der Waals surface area contributed by atoms with Gasteiger partial charge in [-0.3, -0.25) is 9.52 Å². The number of hydrogen-bond donors (Lipinski definition) is 2. The average Bonchev–Trinajstić information content (AvgIpc) is 2.66. The molecule has 1 aliphatic heterocycles. The van der Waals surface area contributed by atoms with Crippen molar-refractivity contribution in [2.24, 2.45) is 0 Å². The molecular weight excluding hydrogens is 368 g/mol. The average molecular weight is 390 g/mol. The van der Waals surface area contributed by atoms with Crippen molar-refractivity contribution in [1.29, 1.82) is 0 Å². The van der Waals surface area contributed by atoms with Crippen molar-refractivity contribution < 1.29 is 17.9 Å². The lowest BCUT2D eigenvalue weighted by atomic mass is 10.1. The fourth-order valence-corrected chi connectivity index (χ4v) is 3.36. The van der Waals surface area contributed by atoms with E-state index in [2.05, 4.69) is 19.9 Å². The van der Waals surface area contributed by atoms with E-state index in [1.807, 2.05) is 12.1 Å². The normalized spacial score (nSPS) is 14.6. The fraction of sp³-hybridized carbons (Fsp3) is 0.333. The molecule has 144 valence electrons. The number of pyridine rings is 1. The molecule has 9 heteroatoms. The Morgan fingerprint density at radius 1 is 1.22 bits per heavy atom. The van der Waals surface area contributed by atoms with Gasteiger partial charge in [0.1, 0.15) is 5.82 Å². The standard InChI is InChI=1S/C18H22N4O4S/c1-27(24,25)21-16-5-3-2-4-15(16)18(23)20-13-14-6-7-19-17(12-14)22-8-10-26-11-9-22/h2-7,12,21H,8-11,13H2,1H3,(H,20,23). The van der Waals surface area contributed by atoms with Crippen LogP contribution in [0.25, 0.3) is 0 Å². The summed E-state index contributed by atoms with van der Waals surface area (Å²) in [6.45, 7) is 3.23. The van der Waals surface area contributed by atoms with E-state index in [4.69, 9.17) is 4.74 Å². The third kappa shape index (κ3) is 5.41. The van der Waals surface area contributed by atoms with Crippen LogP contribution in [0.1, 0.15) is 15.9 Å². The van der Waals surface area contributed by atoms with E-state index in [0.29, 0.717) is 19.8 Å². The number of nitrogens with zero attached hydrogens (tertiary/aromatic N) is 2. The van der Waals surface area contributed by atoms with Crippen molar-refractivity contribution in [1.82, 2.24) is 10.3 Å². The van der Waals surface area contributed by atoms with E-state index in [0.717, 1.165) is 30.7 Å². The Morgan fingerprint density at radius 2 is 1.96 bits per heavy atom. The van der Waals surface area contributed by atoms with Gasteiger partial charge in [-0.25, -0.2) is 13.4 Å². The number of rotatable bonds is 6. The molecule has 8 nitrogen and oxygen atoms in total. The summed E-state index contributed by atoms with van der Waals surface area (Å²) in [5, 5.41) is 2.83. The molecule has 0 radical (unpaired) electrons. The number of sulfonamides is 1. The van der Waals surface area contributed by atoms with Crippen LogP contribution in [0.3, 0.4) is 0 Å². The molecule has 0 spiro atoms. The lowest BCUT2D eigenvalue weighted by molar-refractivity contribution is 0.0952. The third-order valence-electron chi connectivity index (χ3n) is 4.07. The summed E-state index contributed by atoms with van der Waals surface area (Å²) >= 11 is 0. The van der Waals surface area contributed by atoms with Gasteiger partial charge in [-0.15, -0.1) is 0 Å². The van der Waals surface area contributed by atoms with E-state index in [-0.39, 0.29) is 17.2 Å². The van der Waals surface area contributed by atoms with Crippen molar-refractivity contribution in [3.63, 3.8) is 0 Å². The zero-order chi connectivity index (χ0) is 19.3. The monoisotopic (exact) mass is 390 g/mol. The van der Waals surface area contributed by atoms with Crippen LogP contribution in [0, 0.1) is 0 Å². The molecule has 2 aromatic rings. The van der Waals surface area contributed by atoms with Gasteiger partial charge in [0, 0.05) is 25.8 Å². The van der Waals surface area contributed by atoms with Gasteiger partial charge in [0.25, 0.3) is 5.91 Å². The second-order valence-electron chi connectivity index (χ2n) is 6.22. The van der Waals surface area contributed by atoms with Crippen molar-refractivity contribution >= 4 is 27.4 Å². The highest BCUT2D eigenvalue weighted by molar-refractivity contribution is 7.92. The van der Waals surface area contributed by atoms with Gasteiger partial charge in [0.05, 0.1) is 30.7 Å². The van der Waals surface area contributed by atoms with Gasteiger partial charge in [0.15, 0.2) is 0 Å². The number of benzene rings is 1. The highest BCUT2D eigenvalue weighted by atomic mass is 32.2. The molecule has 1 aromatic carbocycles. The molecule has 1 fully saturated rings. The molecular formula is C18H22N4O4S. The molecule has 2 heterocycles. The van der Waals surface area contributed by atoms with Crippen LogP contribution in [0.4, 0.5) is 11.5 Å². The van der Waals surface area contributed by atoms with Gasteiger partial charge in [-0.05, 0) is 29.8 Å². The van der Waals surface area contributed by atoms with E-state index in [9.17, 15) is 13.2 Å². The number of morpholine rings is 1. The Labute approximate surface area is 158 Å². The minimum Gasteiger partial charge on any atom is -0.378 e. The van der Waals surface area contributed by atoms with Crippen molar-refractivity contribution in [3.05, 3.63) is 53.7 Å². The predicted molar refractivity (Wildman–Crippen MR) is 103 cm³/mol. The number of anilines is 2.